The van der Waals surface area contributed by atoms with Gasteiger partial charge in [-0.2, -0.15) is 0 Å². The number of benzene rings is 1. The quantitative estimate of drug-likeness (QED) is 0.565. The fraction of sp³-hybridized carbons (Fsp3) is 0.273. The summed E-state index contributed by atoms with van der Waals surface area (Å²) in [5.41, 5.74) is 7.46. The Morgan fingerprint density at radius 1 is 1.31 bits per heavy atom. The first-order valence-corrected chi connectivity index (χ1v) is 4.71. The standard InChI is InChI=1S/C10H12N2O.CH4O.W/c11-10(13)5-7-6-12-9-4-2-1-3-8(7)9;1-2;/h1-4,6,10,12-13H,5,11H2;2H,1H3;. The Morgan fingerprint density at radius 2 is 1.94 bits per heavy atom. The van der Waals surface area contributed by atoms with Gasteiger partial charge >= 0.3 is 0 Å². The Morgan fingerprint density at radius 3 is 2.56 bits per heavy atom. The van der Waals surface area contributed by atoms with Gasteiger partial charge in [-0.05, 0) is 11.6 Å². The molecule has 1 heterocycles. The number of aromatic nitrogens is 1. The zero-order chi connectivity index (χ0) is 11.3. The number of aliphatic hydroxyl groups is 2. The minimum Gasteiger partial charge on any atom is -0.400 e. The fourth-order valence-electron chi connectivity index (χ4n) is 1.53. The number of rotatable bonds is 2. The summed E-state index contributed by atoms with van der Waals surface area (Å²) >= 11 is 0. The molecule has 4 nitrogen and oxygen atoms in total. The summed E-state index contributed by atoms with van der Waals surface area (Å²) in [5, 5.41) is 17.2. The third-order valence-electron chi connectivity index (χ3n) is 2.10. The van der Waals surface area contributed by atoms with Crippen LogP contribution in [0.25, 0.3) is 10.9 Å². The molecule has 1 unspecified atom stereocenters. The van der Waals surface area contributed by atoms with Crippen molar-refractivity contribution < 1.29 is 31.3 Å². The molecule has 0 saturated heterocycles. The van der Waals surface area contributed by atoms with E-state index < -0.39 is 6.23 Å². The summed E-state index contributed by atoms with van der Waals surface area (Å²) in [7, 11) is 1.00. The molecule has 5 heteroatoms. The van der Waals surface area contributed by atoms with E-state index >= 15 is 0 Å². The maximum absolute atomic E-state index is 9.05. The van der Waals surface area contributed by atoms with Crippen LogP contribution in [0.5, 0.6) is 0 Å². The second-order valence-electron chi connectivity index (χ2n) is 3.13. The van der Waals surface area contributed by atoms with Gasteiger partial charge in [0.15, 0.2) is 0 Å². The predicted molar refractivity (Wildman–Crippen MR) is 60.3 cm³/mol. The van der Waals surface area contributed by atoms with Gasteiger partial charge in [0.05, 0.1) is 0 Å². The molecule has 1 aromatic heterocycles. The topological polar surface area (TPSA) is 82.3 Å². The molecule has 0 saturated carbocycles. The van der Waals surface area contributed by atoms with Gasteiger partial charge in [0.1, 0.15) is 6.23 Å². The SMILES string of the molecule is CO.NC(O)Cc1c[nH]c2ccccc12.[W]. The van der Waals surface area contributed by atoms with Crippen LogP contribution >= 0.6 is 0 Å². The van der Waals surface area contributed by atoms with Crippen molar-refractivity contribution in [3.8, 4) is 0 Å². The van der Waals surface area contributed by atoms with Gasteiger partial charge in [0.25, 0.3) is 0 Å². The third-order valence-corrected chi connectivity index (χ3v) is 2.10. The summed E-state index contributed by atoms with van der Waals surface area (Å²) < 4.78 is 0. The van der Waals surface area contributed by atoms with E-state index in [1.807, 2.05) is 30.5 Å². The third kappa shape index (κ3) is 3.72. The van der Waals surface area contributed by atoms with E-state index in [1.54, 1.807) is 0 Å². The van der Waals surface area contributed by atoms with E-state index in [9.17, 15) is 0 Å². The minimum atomic E-state index is -0.779. The first-order chi connectivity index (χ1) is 7.27. The molecule has 0 spiro atoms. The minimum absolute atomic E-state index is 0. The number of hydrogen-bond donors (Lipinski definition) is 4. The zero-order valence-electron chi connectivity index (χ0n) is 9.05. The number of nitrogens with one attached hydrogen (secondary N) is 1. The molecular weight excluding hydrogens is 376 g/mol. The van der Waals surface area contributed by atoms with Crippen LogP contribution in [-0.4, -0.2) is 28.5 Å². The van der Waals surface area contributed by atoms with Crippen molar-refractivity contribution in [3.63, 3.8) is 0 Å². The first-order valence-electron chi connectivity index (χ1n) is 4.71. The number of H-pyrrole nitrogens is 1. The molecule has 0 amide bonds. The normalized spacial score (nSPS) is 11.2. The number of hydrogen-bond acceptors (Lipinski definition) is 3. The summed E-state index contributed by atoms with van der Waals surface area (Å²) in [4.78, 5) is 3.13. The molecule has 0 fully saturated rings. The number of fused-ring (bicyclic) bond motifs is 1. The van der Waals surface area contributed by atoms with Gasteiger partial charge in [0.2, 0.25) is 0 Å². The van der Waals surface area contributed by atoms with Crippen molar-refractivity contribution in [2.45, 2.75) is 12.6 Å². The van der Waals surface area contributed by atoms with Gasteiger partial charge in [-0.1, -0.05) is 18.2 Å². The molecule has 2 aromatic rings. The summed E-state index contributed by atoms with van der Waals surface area (Å²) in [6, 6.07) is 7.97. The molecule has 5 N–H and O–H groups in total. The molecule has 2 rings (SSSR count). The van der Waals surface area contributed by atoms with Crippen LogP contribution in [0.1, 0.15) is 5.56 Å². The van der Waals surface area contributed by atoms with Crippen molar-refractivity contribution in [1.82, 2.24) is 4.98 Å². The average Bonchev–Trinajstić information content (AvgIpc) is 2.64. The predicted octanol–water partition coefficient (Wildman–Crippen LogP) is 0.593. The number of aromatic amines is 1. The average molecular weight is 392 g/mol. The molecule has 0 radical (unpaired) electrons. The molecule has 1 aromatic carbocycles. The summed E-state index contributed by atoms with van der Waals surface area (Å²) in [6.07, 6.45) is 1.60. The van der Waals surface area contributed by atoms with Crippen molar-refractivity contribution in [1.29, 1.82) is 0 Å². The number of nitrogens with two attached hydrogens (primary N) is 1. The Hall–Kier alpha value is -0.672. The molecule has 16 heavy (non-hydrogen) atoms. The van der Waals surface area contributed by atoms with Crippen LogP contribution in [0.2, 0.25) is 0 Å². The van der Waals surface area contributed by atoms with Gasteiger partial charge < -0.3 is 20.9 Å². The van der Waals surface area contributed by atoms with Crippen molar-refractivity contribution in [2.75, 3.05) is 7.11 Å². The van der Waals surface area contributed by atoms with Crippen molar-refractivity contribution >= 4 is 10.9 Å². The monoisotopic (exact) mass is 392 g/mol. The summed E-state index contributed by atoms with van der Waals surface area (Å²) in [6.45, 7) is 0. The van der Waals surface area contributed by atoms with Crippen LogP contribution in [0.15, 0.2) is 30.5 Å². The van der Waals surface area contributed by atoms with Gasteiger partial charge in [-0.25, -0.2) is 0 Å². The Bertz CT molecular complexity index is 415. The number of para-hydroxylation sites is 1. The number of aliphatic hydroxyl groups excluding tert-OH is 2. The molecule has 0 aliphatic heterocycles. The fourth-order valence-corrected chi connectivity index (χ4v) is 1.53. The second kappa shape index (κ2) is 7.58. The van der Waals surface area contributed by atoms with E-state index in [-0.39, 0.29) is 21.1 Å². The van der Waals surface area contributed by atoms with E-state index in [4.69, 9.17) is 15.9 Å². The van der Waals surface area contributed by atoms with Crippen LogP contribution in [0.3, 0.4) is 0 Å². The van der Waals surface area contributed by atoms with E-state index in [0.29, 0.717) is 6.42 Å². The maximum atomic E-state index is 9.05. The smallest absolute Gasteiger partial charge is 0.106 e. The molecule has 1 atom stereocenters. The van der Waals surface area contributed by atoms with Gasteiger partial charge in [-0.15, -0.1) is 0 Å². The van der Waals surface area contributed by atoms with Gasteiger partial charge in [0, 0.05) is 51.7 Å². The van der Waals surface area contributed by atoms with Crippen molar-refractivity contribution in [2.24, 2.45) is 5.73 Å². The second-order valence-corrected chi connectivity index (χ2v) is 3.13. The van der Waals surface area contributed by atoms with Crippen molar-refractivity contribution in [3.05, 3.63) is 36.0 Å². The van der Waals surface area contributed by atoms with E-state index in [0.717, 1.165) is 23.6 Å². The Labute approximate surface area is 109 Å². The van der Waals surface area contributed by atoms with Crippen LogP contribution in [0, 0.1) is 0 Å². The molecular formula is C11H16N2O2W. The largest absolute Gasteiger partial charge is 0.400 e. The molecule has 88 valence electrons. The van der Waals surface area contributed by atoms with Crippen LogP contribution in [-0.2, 0) is 27.5 Å². The van der Waals surface area contributed by atoms with E-state index in [1.165, 1.54) is 0 Å². The molecule has 0 aliphatic rings. The van der Waals surface area contributed by atoms with Crippen LogP contribution in [0.4, 0.5) is 0 Å². The van der Waals surface area contributed by atoms with Gasteiger partial charge in [-0.3, -0.25) is 0 Å². The maximum Gasteiger partial charge on any atom is 0.106 e. The zero-order valence-corrected chi connectivity index (χ0v) is 12.0. The Kier molecular flexibility index (Phi) is 7.26. The van der Waals surface area contributed by atoms with E-state index in [2.05, 4.69) is 4.98 Å². The Balaban J connectivity index is 0.000000711. The first kappa shape index (κ1) is 15.3. The molecule has 0 aliphatic carbocycles. The van der Waals surface area contributed by atoms with Crippen LogP contribution < -0.4 is 5.73 Å². The summed E-state index contributed by atoms with van der Waals surface area (Å²) in [5.74, 6) is 0. The molecule has 0 bridgehead atoms.